The summed E-state index contributed by atoms with van der Waals surface area (Å²) in [6.07, 6.45) is 0. The maximum Gasteiger partial charge on any atom is 0.147 e. The van der Waals surface area contributed by atoms with E-state index in [0.29, 0.717) is 0 Å². The van der Waals surface area contributed by atoms with Crippen LogP contribution in [0.1, 0.15) is 101 Å². The second kappa shape index (κ2) is 7.48. The van der Waals surface area contributed by atoms with Crippen molar-refractivity contribution in [3.05, 3.63) is 94.1 Å². The van der Waals surface area contributed by atoms with E-state index in [1.54, 1.807) is 13.8 Å². The average Bonchev–Trinajstić information content (AvgIpc) is 3.63. The van der Waals surface area contributed by atoms with Gasteiger partial charge in [-0.25, -0.2) is 0 Å². The molecule has 0 radical (unpaired) electrons. The number of ketones is 2. The first-order valence-electron chi connectivity index (χ1n) is 12.6. The summed E-state index contributed by atoms with van der Waals surface area (Å²) in [6, 6.07) is 16.3. The Bertz CT molecular complexity index is 1280. The van der Waals surface area contributed by atoms with Crippen LogP contribution in [0.15, 0.2) is 48.5 Å². The van der Waals surface area contributed by atoms with E-state index in [-0.39, 0.29) is 11.6 Å². The van der Waals surface area contributed by atoms with Crippen LogP contribution in [0.5, 0.6) is 0 Å². The fourth-order valence-electron chi connectivity index (χ4n) is 5.54. The van der Waals surface area contributed by atoms with Crippen molar-refractivity contribution >= 4 is 11.6 Å². The van der Waals surface area contributed by atoms with Crippen molar-refractivity contribution < 1.29 is 9.59 Å². The van der Waals surface area contributed by atoms with Crippen molar-refractivity contribution in [1.82, 2.24) is 19.9 Å². The Morgan fingerprint density at radius 2 is 0.639 bits per heavy atom. The van der Waals surface area contributed by atoms with Gasteiger partial charge in [0, 0.05) is 56.4 Å². The van der Waals surface area contributed by atoms with Gasteiger partial charge in [0.2, 0.25) is 0 Å². The Kier molecular flexibility index (Phi) is 5.02. The van der Waals surface area contributed by atoms with Gasteiger partial charge < -0.3 is 19.9 Å². The summed E-state index contributed by atoms with van der Waals surface area (Å²) in [5, 5.41) is 0. The van der Waals surface area contributed by atoms with Gasteiger partial charge in [-0.2, -0.15) is 0 Å². The molecule has 0 saturated carbocycles. The van der Waals surface area contributed by atoms with Crippen molar-refractivity contribution in [2.45, 2.75) is 77.0 Å². The van der Waals surface area contributed by atoms with Crippen LogP contribution in [-0.2, 0) is 31.2 Å². The number of Topliss-reactive ketones (excluding diaryl/α,β-unsaturated/α-hetero) is 2. The third kappa shape index (κ3) is 3.09. The largest absolute Gasteiger partial charge is 0.360 e. The standard InChI is InChI=1S/C30H36N4O2/c1-17(35)29(7)23-13-9-19(31-23)27(3,4)21-11-15-25(33-21)30(8,18(2)36)26-16-12-22(34-26)28(5,6)20-10-14-24(29)32-20/h9-16,31-34H,1-8H3. The molecular weight excluding hydrogens is 448 g/mol. The van der Waals surface area contributed by atoms with Crippen molar-refractivity contribution in [2.75, 3.05) is 0 Å². The molecule has 0 spiro atoms. The van der Waals surface area contributed by atoms with Gasteiger partial charge in [0.1, 0.15) is 22.4 Å². The number of hydrogen-bond donors (Lipinski definition) is 4. The van der Waals surface area contributed by atoms with Crippen LogP contribution in [0.4, 0.5) is 0 Å². The summed E-state index contributed by atoms with van der Waals surface area (Å²) < 4.78 is 0. The number of carbonyl (C=O) groups is 2. The van der Waals surface area contributed by atoms with E-state index in [9.17, 15) is 9.59 Å². The van der Waals surface area contributed by atoms with Gasteiger partial charge in [0.15, 0.2) is 0 Å². The summed E-state index contributed by atoms with van der Waals surface area (Å²) >= 11 is 0. The third-order valence-electron chi connectivity index (χ3n) is 9.00. The molecule has 1 aliphatic heterocycles. The molecule has 0 saturated heterocycles. The Morgan fingerprint density at radius 3 is 0.833 bits per heavy atom. The second-order valence-corrected chi connectivity index (χ2v) is 11.8. The number of carbonyl (C=O) groups excluding carboxylic acids is 2. The molecule has 1 aliphatic rings. The number of aromatic nitrogens is 4. The maximum absolute atomic E-state index is 13.1. The average molecular weight is 485 g/mol. The predicted molar refractivity (Wildman–Crippen MR) is 142 cm³/mol. The van der Waals surface area contributed by atoms with Gasteiger partial charge in [-0.1, -0.05) is 0 Å². The fraction of sp³-hybridized carbons (Fsp3) is 0.400. The lowest BCUT2D eigenvalue weighted by Crippen LogP contribution is -2.34. The van der Waals surface area contributed by atoms with E-state index in [1.165, 1.54) is 0 Å². The van der Waals surface area contributed by atoms with Gasteiger partial charge in [0.25, 0.3) is 0 Å². The molecule has 0 fully saturated rings. The molecule has 0 unspecified atom stereocenters. The topological polar surface area (TPSA) is 97.3 Å². The highest BCUT2D eigenvalue weighted by molar-refractivity contribution is 5.91. The Hall–Kier alpha value is -3.54. The molecule has 8 bridgehead atoms. The Labute approximate surface area is 212 Å². The molecule has 4 aromatic heterocycles. The van der Waals surface area contributed by atoms with Gasteiger partial charge >= 0.3 is 0 Å². The minimum Gasteiger partial charge on any atom is -0.360 e. The molecule has 0 amide bonds. The quantitative estimate of drug-likeness (QED) is 0.291. The number of nitrogens with one attached hydrogen (secondary N) is 4. The van der Waals surface area contributed by atoms with Gasteiger partial charge in [-0.05, 0) is 104 Å². The first-order chi connectivity index (χ1) is 16.7. The van der Waals surface area contributed by atoms with Gasteiger partial charge in [-0.3, -0.25) is 9.59 Å². The Balaban J connectivity index is 1.82. The van der Waals surface area contributed by atoms with Crippen molar-refractivity contribution in [3.63, 3.8) is 0 Å². The first-order valence-corrected chi connectivity index (χ1v) is 12.6. The molecule has 4 aromatic rings. The number of hydrogen-bond acceptors (Lipinski definition) is 2. The van der Waals surface area contributed by atoms with E-state index in [4.69, 9.17) is 0 Å². The predicted octanol–water partition coefficient (Wildman–Crippen LogP) is 5.75. The first kappa shape index (κ1) is 24.2. The minimum absolute atomic E-state index is 0.0579. The molecule has 188 valence electrons. The van der Waals surface area contributed by atoms with Gasteiger partial charge in [-0.15, -0.1) is 0 Å². The van der Waals surface area contributed by atoms with Crippen LogP contribution < -0.4 is 0 Å². The normalized spacial score (nSPS) is 24.4. The van der Waals surface area contributed by atoms with Crippen LogP contribution in [0.3, 0.4) is 0 Å². The lowest BCUT2D eigenvalue weighted by atomic mass is 9.80. The molecular formula is C30H36N4O2. The maximum atomic E-state index is 13.1. The Morgan fingerprint density at radius 1 is 0.444 bits per heavy atom. The number of rotatable bonds is 2. The summed E-state index contributed by atoms with van der Waals surface area (Å²) in [6.45, 7) is 15.8. The number of H-pyrrole nitrogens is 4. The van der Waals surface area contributed by atoms with Crippen LogP contribution >= 0.6 is 0 Å². The molecule has 6 nitrogen and oxygen atoms in total. The van der Waals surface area contributed by atoms with E-state index in [2.05, 4.69) is 71.9 Å². The number of fused-ring (bicyclic) bond motifs is 8. The summed E-state index contributed by atoms with van der Waals surface area (Å²) in [5.41, 5.74) is 4.82. The highest BCUT2D eigenvalue weighted by atomic mass is 16.1. The SMILES string of the molecule is CC(=O)C1(C)c2ccc([nH]2)C(C)(C)c2ccc([nH]2)C(C)(C(C)=O)c2ccc([nH]2)C(C)(C)c2ccc1[nH]2. The molecule has 4 N–H and O–H groups in total. The van der Waals surface area contributed by atoms with Crippen LogP contribution in [-0.4, -0.2) is 31.5 Å². The van der Waals surface area contributed by atoms with Crippen molar-refractivity contribution in [1.29, 1.82) is 0 Å². The van der Waals surface area contributed by atoms with Crippen molar-refractivity contribution in [2.24, 2.45) is 0 Å². The smallest absolute Gasteiger partial charge is 0.147 e. The second-order valence-electron chi connectivity index (χ2n) is 11.8. The zero-order valence-electron chi connectivity index (χ0n) is 22.4. The molecule has 0 aromatic carbocycles. The van der Waals surface area contributed by atoms with E-state index in [1.807, 2.05) is 38.1 Å². The molecule has 6 heteroatoms. The van der Waals surface area contributed by atoms with Crippen LogP contribution in [0, 0.1) is 0 Å². The van der Waals surface area contributed by atoms with E-state index >= 15 is 0 Å². The zero-order valence-corrected chi connectivity index (χ0v) is 22.4. The third-order valence-corrected chi connectivity index (χ3v) is 9.00. The highest BCUT2D eigenvalue weighted by Crippen LogP contribution is 2.41. The number of aromatic amines is 4. The lowest BCUT2D eigenvalue weighted by Gasteiger charge is -2.29. The van der Waals surface area contributed by atoms with E-state index in [0.717, 1.165) is 45.6 Å². The molecule has 5 heterocycles. The van der Waals surface area contributed by atoms with Crippen LogP contribution in [0.25, 0.3) is 0 Å². The molecule has 5 rings (SSSR count). The zero-order chi connectivity index (χ0) is 26.3. The van der Waals surface area contributed by atoms with E-state index < -0.39 is 21.7 Å². The lowest BCUT2D eigenvalue weighted by molar-refractivity contribution is -0.121. The molecule has 0 aliphatic carbocycles. The monoisotopic (exact) mass is 484 g/mol. The van der Waals surface area contributed by atoms with Gasteiger partial charge in [0.05, 0.1) is 0 Å². The van der Waals surface area contributed by atoms with Crippen LogP contribution in [0.2, 0.25) is 0 Å². The van der Waals surface area contributed by atoms with Crippen molar-refractivity contribution in [3.8, 4) is 0 Å². The molecule has 36 heavy (non-hydrogen) atoms. The highest BCUT2D eigenvalue weighted by Gasteiger charge is 2.42. The fourth-order valence-corrected chi connectivity index (χ4v) is 5.54. The summed E-state index contributed by atoms with van der Waals surface area (Å²) in [7, 11) is 0. The minimum atomic E-state index is -0.852. The summed E-state index contributed by atoms with van der Waals surface area (Å²) in [5.74, 6) is 0.116. The molecule has 0 atom stereocenters. The summed E-state index contributed by atoms with van der Waals surface area (Å²) in [4.78, 5) is 40.6.